The maximum Gasteiger partial charge on any atom is 0.253 e. The summed E-state index contributed by atoms with van der Waals surface area (Å²) in [5.74, 6) is 7.51. The number of amides is 1. The van der Waals surface area contributed by atoms with Gasteiger partial charge in [0.25, 0.3) is 5.91 Å². The van der Waals surface area contributed by atoms with Crippen molar-refractivity contribution in [3.8, 4) is 0 Å². The maximum atomic E-state index is 12.1. The largest absolute Gasteiger partial charge is 0.348 e. The van der Waals surface area contributed by atoms with Crippen molar-refractivity contribution >= 4 is 23.4 Å². The van der Waals surface area contributed by atoms with Gasteiger partial charge in [-0.25, -0.2) is 0 Å². The van der Waals surface area contributed by atoms with Crippen molar-refractivity contribution in [3.05, 3.63) is 29.3 Å². The third kappa shape index (κ3) is 2.92. The average Bonchev–Trinajstić information content (AvgIpc) is 2.81. The Morgan fingerprint density at radius 2 is 2.35 bits per heavy atom. The average molecular weight is 251 g/mol. The van der Waals surface area contributed by atoms with Gasteiger partial charge in [-0.2, -0.15) is 11.8 Å². The van der Waals surface area contributed by atoms with Gasteiger partial charge in [-0.05, 0) is 36.8 Å². The van der Waals surface area contributed by atoms with Crippen LogP contribution in [0.2, 0.25) is 0 Å². The van der Waals surface area contributed by atoms with Gasteiger partial charge < -0.3 is 10.7 Å². The first-order valence-electron chi connectivity index (χ1n) is 5.66. The van der Waals surface area contributed by atoms with Crippen LogP contribution in [0.25, 0.3) is 0 Å². The molecule has 0 spiro atoms. The molecule has 1 saturated heterocycles. The van der Waals surface area contributed by atoms with Crippen molar-refractivity contribution in [1.82, 2.24) is 5.32 Å². The smallest absolute Gasteiger partial charge is 0.253 e. The highest BCUT2D eigenvalue weighted by molar-refractivity contribution is 7.99. The number of nitrogens with one attached hydrogen (secondary N) is 2. The number of nitrogen functional groups attached to an aromatic ring is 1. The van der Waals surface area contributed by atoms with Crippen LogP contribution in [-0.4, -0.2) is 23.5 Å². The Balaban J connectivity index is 2.12. The highest BCUT2D eigenvalue weighted by Crippen LogP contribution is 2.20. The van der Waals surface area contributed by atoms with E-state index in [1.165, 1.54) is 0 Å². The Bertz CT molecular complexity index is 416. The minimum Gasteiger partial charge on any atom is -0.348 e. The zero-order valence-electron chi connectivity index (χ0n) is 9.82. The molecular weight excluding hydrogens is 234 g/mol. The van der Waals surface area contributed by atoms with Gasteiger partial charge in [-0.1, -0.05) is 6.07 Å². The Labute approximate surface area is 105 Å². The van der Waals surface area contributed by atoms with Crippen LogP contribution in [0.15, 0.2) is 18.2 Å². The number of hydrazine groups is 1. The van der Waals surface area contributed by atoms with Gasteiger partial charge in [0.15, 0.2) is 0 Å². The SMILES string of the molecule is Cc1ccc(C(=O)NC2CCSC2)c(NN)c1. The molecule has 0 aromatic heterocycles. The van der Waals surface area contributed by atoms with E-state index in [1.54, 1.807) is 0 Å². The van der Waals surface area contributed by atoms with Crippen LogP contribution in [-0.2, 0) is 0 Å². The predicted molar refractivity (Wildman–Crippen MR) is 72.2 cm³/mol. The first-order valence-corrected chi connectivity index (χ1v) is 6.82. The fourth-order valence-electron chi connectivity index (χ4n) is 1.89. The molecule has 17 heavy (non-hydrogen) atoms. The van der Waals surface area contributed by atoms with Crippen LogP contribution in [0.1, 0.15) is 22.3 Å². The van der Waals surface area contributed by atoms with Gasteiger partial charge in [0.05, 0.1) is 11.3 Å². The van der Waals surface area contributed by atoms with Crippen LogP contribution < -0.4 is 16.6 Å². The van der Waals surface area contributed by atoms with Crippen LogP contribution in [0, 0.1) is 6.92 Å². The molecule has 4 N–H and O–H groups in total. The van der Waals surface area contributed by atoms with Gasteiger partial charge in [-0.3, -0.25) is 10.6 Å². The minimum absolute atomic E-state index is 0.0505. The van der Waals surface area contributed by atoms with Crippen molar-refractivity contribution in [2.24, 2.45) is 5.84 Å². The van der Waals surface area contributed by atoms with E-state index in [0.29, 0.717) is 17.3 Å². The zero-order valence-corrected chi connectivity index (χ0v) is 10.6. The Morgan fingerprint density at radius 1 is 1.53 bits per heavy atom. The molecule has 1 aromatic rings. The number of carbonyl (C=O) groups excluding carboxylic acids is 1. The summed E-state index contributed by atoms with van der Waals surface area (Å²) in [6, 6.07) is 5.89. The lowest BCUT2D eigenvalue weighted by Gasteiger charge is -2.14. The number of anilines is 1. The number of hydrogen-bond acceptors (Lipinski definition) is 4. The second-order valence-electron chi connectivity index (χ2n) is 4.23. The van der Waals surface area contributed by atoms with E-state index in [9.17, 15) is 4.79 Å². The van der Waals surface area contributed by atoms with E-state index < -0.39 is 0 Å². The fourth-order valence-corrected chi connectivity index (χ4v) is 3.04. The van der Waals surface area contributed by atoms with Crippen molar-refractivity contribution in [2.75, 3.05) is 16.9 Å². The number of thioether (sulfide) groups is 1. The molecule has 1 aliphatic rings. The summed E-state index contributed by atoms with van der Waals surface area (Å²) in [4.78, 5) is 12.1. The summed E-state index contributed by atoms with van der Waals surface area (Å²) < 4.78 is 0. The van der Waals surface area contributed by atoms with E-state index in [0.717, 1.165) is 23.5 Å². The lowest BCUT2D eigenvalue weighted by molar-refractivity contribution is 0.0942. The molecule has 1 heterocycles. The first kappa shape index (κ1) is 12.3. The predicted octanol–water partition coefficient (Wildman–Crippen LogP) is 1.52. The molecule has 0 bridgehead atoms. The lowest BCUT2D eigenvalue weighted by Crippen LogP contribution is -2.35. The molecule has 0 saturated carbocycles. The third-order valence-electron chi connectivity index (χ3n) is 2.84. The van der Waals surface area contributed by atoms with Gasteiger partial charge in [0.2, 0.25) is 0 Å². The summed E-state index contributed by atoms with van der Waals surface area (Å²) in [6.45, 7) is 1.97. The number of aryl methyl sites for hydroxylation is 1. The standard InChI is InChI=1S/C12H17N3OS/c1-8-2-3-10(11(6-8)15-13)12(16)14-9-4-5-17-7-9/h2-3,6,9,15H,4-5,7,13H2,1H3,(H,14,16). The molecule has 5 heteroatoms. The molecular formula is C12H17N3OS. The molecule has 92 valence electrons. The topological polar surface area (TPSA) is 67.2 Å². The second-order valence-corrected chi connectivity index (χ2v) is 5.38. The third-order valence-corrected chi connectivity index (χ3v) is 4.00. The van der Waals surface area contributed by atoms with Crippen molar-refractivity contribution in [3.63, 3.8) is 0 Å². The van der Waals surface area contributed by atoms with Gasteiger partial charge >= 0.3 is 0 Å². The summed E-state index contributed by atoms with van der Waals surface area (Å²) in [5, 5.41) is 3.03. The molecule has 2 rings (SSSR count). The van der Waals surface area contributed by atoms with Crippen molar-refractivity contribution < 1.29 is 4.79 Å². The molecule has 1 aliphatic heterocycles. The maximum absolute atomic E-state index is 12.1. The van der Waals surface area contributed by atoms with Crippen LogP contribution in [0.3, 0.4) is 0 Å². The van der Waals surface area contributed by atoms with E-state index in [1.807, 2.05) is 36.9 Å². The van der Waals surface area contributed by atoms with Crippen LogP contribution in [0.4, 0.5) is 5.69 Å². The summed E-state index contributed by atoms with van der Waals surface area (Å²) in [6.07, 6.45) is 1.05. The minimum atomic E-state index is -0.0505. The Kier molecular flexibility index (Phi) is 3.91. The van der Waals surface area contributed by atoms with E-state index in [4.69, 9.17) is 5.84 Å². The number of rotatable bonds is 3. The van der Waals surface area contributed by atoms with Gasteiger partial charge in [0.1, 0.15) is 0 Å². The molecule has 1 atom stereocenters. The number of nitrogens with two attached hydrogens (primary N) is 1. The van der Waals surface area contributed by atoms with Crippen molar-refractivity contribution in [1.29, 1.82) is 0 Å². The summed E-state index contributed by atoms with van der Waals surface area (Å²) in [5.41, 5.74) is 4.93. The highest BCUT2D eigenvalue weighted by Gasteiger charge is 2.19. The van der Waals surface area contributed by atoms with Crippen LogP contribution >= 0.6 is 11.8 Å². The van der Waals surface area contributed by atoms with E-state index in [-0.39, 0.29) is 5.91 Å². The molecule has 1 fully saturated rings. The van der Waals surface area contributed by atoms with Crippen molar-refractivity contribution in [2.45, 2.75) is 19.4 Å². The summed E-state index contributed by atoms with van der Waals surface area (Å²) >= 11 is 1.88. The van der Waals surface area contributed by atoms with Crippen LogP contribution in [0.5, 0.6) is 0 Å². The Hall–Kier alpha value is -1.20. The summed E-state index contributed by atoms with van der Waals surface area (Å²) in [7, 11) is 0. The monoisotopic (exact) mass is 251 g/mol. The van der Waals surface area contributed by atoms with E-state index in [2.05, 4.69) is 10.7 Å². The van der Waals surface area contributed by atoms with Gasteiger partial charge in [-0.15, -0.1) is 0 Å². The van der Waals surface area contributed by atoms with E-state index >= 15 is 0 Å². The molecule has 1 aromatic carbocycles. The van der Waals surface area contributed by atoms with Gasteiger partial charge in [0, 0.05) is 11.8 Å². The zero-order chi connectivity index (χ0) is 12.3. The number of carbonyl (C=O) groups is 1. The molecule has 1 unspecified atom stereocenters. The second kappa shape index (κ2) is 5.42. The number of hydrogen-bond donors (Lipinski definition) is 3. The number of benzene rings is 1. The lowest BCUT2D eigenvalue weighted by atomic mass is 10.1. The molecule has 1 amide bonds. The normalized spacial score (nSPS) is 19.1. The fraction of sp³-hybridized carbons (Fsp3) is 0.417. The molecule has 0 aliphatic carbocycles. The highest BCUT2D eigenvalue weighted by atomic mass is 32.2. The molecule has 4 nitrogen and oxygen atoms in total. The first-order chi connectivity index (χ1) is 8.20. The quantitative estimate of drug-likeness (QED) is 0.563. The molecule has 0 radical (unpaired) electrons. The Morgan fingerprint density at radius 3 is 3.00 bits per heavy atom.